The molecule has 4 nitrogen and oxygen atoms in total. The molecule has 0 aromatic heterocycles. The van der Waals surface area contributed by atoms with Gasteiger partial charge in [0, 0.05) is 25.6 Å². The molecule has 0 bridgehead atoms. The number of nitrogens with one attached hydrogen (secondary N) is 1. The third-order valence-electron chi connectivity index (χ3n) is 3.81. The Labute approximate surface area is 117 Å². The highest BCUT2D eigenvalue weighted by Gasteiger charge is 2.33. The predicted octanol–water partition coefficient (Wildman–Crippen LogP) is 2.36. The van der Waals surface area contributed by atoms with E-state index in [-0.39, 0.29) is 17.6 Å². The molecule has 1 amide bonds. The lowest BCUT2D eigenvalue weighted by atomic mass is 9.84. The van der Waals surface area contributed by atoms with Crippen LogP contribution in [0.1, 0.15) is 65.2 Å². The Morgan fingerprint density at radius 2 is 2.05 bits per heavy atom. The normalized spacial score (nSPS) is 19.9. The molecule has 1 aliphatic carbocycles. The molecule has 0 aromatic carbocycles. The maximum absolute atomic E-state index is 11.8. The molecule has 1 aliphatic rings. The number of hydrogen-bond acceptors (Lipinski definition) is 3. The number of rotatable bonds is 8. The van der Waals surface area contributed by atoms with Crippen LogP contribution in [0.4, 0.5) is 0 Å². The van der Waals surface area contributed by atoms with Crippen molar-refractivity contribution in [2.45, 2.75) is 76.9 Å². The van der Waals surface area contributed by atoms with Crippen molar-refractivity contribution in [2.24, 2.45) is 5.73 Å². The average molecular weight is 270 g/mol. The van der Waals surface area contributed by atoms with Gasteiger partial charge in [0.2, 0.25) is 5.91 Å². The van der Waals surface area contributed by atoms with Crippen molar-refractivity contribution in [1.82, 2.24) is 5.32 Å². The first-order valence-corrected chi connectivity index (χ1v) is 7.74. The monoisotopic (exact) mass is 270 g/mol. The van der Waals surface area contributed by atoms with Crippen LogP contribution in [0.25, 0.3) is 0 Å². The van der Waals surface area contributed by atoms with E-state index in [4.69, 9.17) is 10.5 Å². The molecule has 0 heterocycles. The molecule has 1 rings (SSSR count). The van der Waals surface area contributed by atoms with Crippen molar-refractivity contribution in [3.8, 4) is 0 Å². The van der Waals surface area contributed by atoms with Gasteiger partial charge in [-0.2, -0.15) is 0 Å². The zero-order valence-electron chi connectivity index (χ0n) is 12.5. The first kappa shape index (κ1) is 16.4. The van der Waals surface area contributed by atoms with Gasteiger partial charge in [-0.3, -0.25) is 4.79 Å². The van der Waals surface area contributed by atoms with Crippen LogP contribution >= 0.6 is 0 Å². The number of hydrogen-bond donors (Lipinski definition) is 2. The summed E-state index contributed by atoms with van der Waals surface area (Å²) in [5.74, 6) is 0.0994. The number of ether oxygens (including phenoxy) is 1. The van der Waals surface area contributed by atoms with Crippen molar-refractivity contribution >= 4 is 5.91 Å². The van der Waals surface area contributed by atoms with Crippen molar-refractivity contribution in [3.05, 3.63) is 0 Å². The maximum atomic E-state index is 11.8. The van der Waals surface area contributed by atoms with Crippen LogP contribution in [0, 0.1) is 0 Å². The van der Waals surface area contributed by atoms with Gasteiger partial charge in [0.05, 0.1) is 5.60 Å². The van der Waals surface area contributed by atoms with E-state index in [0.29, 0.717) is 13.0 Å². The minimum absolute atomic E-state index is 0.0886. The highest BCUT2D eigenvalue weighted by molar-refractivity contribution is 5.75. The van der Waals surface area contributed by atoms with Gasteiger partial charge in [0.15, 0.2) is 0 Å². The molecule has 0 saturated heterocycles. The highest BCUT2D eigenvalue weighted by Crippen LogP contribution is 2.31. The summed E-state index contributed by atoms with van der Waals surface area (Å²) < 4.78 is 6.06. The van der Waals surface area contributed by atoms with Gasteiger partial charge in [-0.15, -0.1) is 0 Å². The van der Waals surface area contributed by atoms with Gasteiger partial charge < -0.3 is 15.8 Å². The van der Waals surface area contributed by atoms with Crippen LogP contribution in [0.3, 0.4) is 0 Å². The summed E-state index contributed by atoms with van der Waals surface area (Å²) in [7, 11) is 0. The van der Waals surface area contributed by atoms with Crippen molar-refractivity contribution in [1.29, 1.82) is 0 Å². The third kappa shape index (κ3) is 6.39. The Morgan fingerprint density at radius 3 is 2.63 bits per heavy atom. The van der Waals surface area contributed by atoms with E-state index in [0.717, 1.165) is 32.3 Å². The Morgan fingerprint density at radius 1 is 1.37 bits per heavy atom. The molecule has 112 valence electrons. The third-order valence-corrected chi connectivity index (χ3v) is 3.81. The van der Waals surface area contributed by atoms with Gasteiger partial charge in [-0.05, 0) is 32.6 Å². The average Bonchev–Trinajstić information content (AvgIpc) is 2.42. The number of nitrogens with two attached hydrogens (primary N) is 1. The minimum atomic E-state index is -0.113. The highest BCUT2D eigenvalue weighted by atomic mass is 16.5. The Balaban J connectivity index is 2.37. The molecule has 0 radical (unpaired) electrons. The van der Waals surface area contributed by atoms with Gasteiger partial charge in [0.25, 0.3) is 0 Å². The molecule has 19 heavy (non-hydrogen) atoms. The van der Waals surface area contributed by atoms with E-state index in [1.165, 1.54) is 19.3 Å². The first-order valence-electron chi connectivity index (χ1n) is 7.74. The summed E-state index contributed by atoms with van der Waals surface area (Å²) in [4.78, 5) is 11.8. The zero-order valence-corrected chi connectivity index (χ0v) is 12.5. The molecular formula is C15H30N2O2. The van der Waals surface area contributed by atoms with Crippen LogP contribution in [0.2, 0.25) is 0 Å². The van der Waals surface area contributed by atoms with Crippen LogP contribution in [-0.2, 0) is 9.53 Å². The van der Waals surface area contributed by atoms with E-state index >= 15 is 0 Å². The summed E-state index contributed by atoms with van der Waals surface area (Å²) in [5.41, 5.74) is 5.55. The molecule has 0 spiro atoms. The Kier molecular flexibility index (Phi) is 7.39. The second-order valence-corrected chi connectivity index (χ2v) is 5.88. The minimum Gasteiger partial charge on any atom is -0.373 e. The zero-order chi connectivity index (χ0) is 14.1. The molecule has 0 aromatic rings. The fourth-order valence-corrected chi connectivity index (χ4v) is 2.59. The SMILES string of the molecule is CCCOC1(CNC(=O)CCC(C)N)CCCCC1. The fraction of sp³-hybridized carbons (Fsp3) is 0.933. The van der Waals surface area contributed by atoms with E-state index in [9.17, 15) is 4.79 Å². The standard InChI is InChI=1S/C15H30N2O2/c1-3-11-19-15(9-5-4-6-10-15)12-17-14(18)8-7-13(2)16/h13H,3-12,16H2,1-2H3,(H,17,18). The topological polar surface area (TPSA) is 64.3 Å². The second-order valence-electron chi connectivity index (χ2n) is 5.88. The van der Waals surface area contributed by atoms with Gasteiger partial charge in [-0.25, -0.2) is 0 Å². The molecule has 1 unspecified atom stereocenters. The summed E-state index contributed by atoms with van der Waals surface area (Å²) in [6, 6.07) is 0.0886. The smallest absolute Gasteiger partial charge is 0.220 e. The lowest BCUT2D eigenvalue weighted by Gasteiger charge is -2.37. The molecule has 1 saturated carbocycles. The van der Waals surface area contributed by atoms with Gasteiger partial charge >= 0.3 is 0 Å². The van der Waals surface area contributed by atoms with Gasteiger partial charge in [0.1, 0.15) is 0 Å². The maximum Gasteiger partial charge on any atom is 0.220 e. The van der Waals surface area contributed by atoms with Gasteiger partial charge in [-0.1, -0.05) is 26.2 Å². The summed E-state index contributed by atoms with van der Waals surface area (Å²) in [5, 5.41) is 3.04. The Bertz CT molecular complexity index is 261. The molecule has 1 atom stereocenters. The lowest BCUT2D eigenvalue weighted by Crippen LogP contribution is -2.46. The largest absolute Gasteiger partial charge is 0.373 e. The Hall–Kier alpha value is -0.610. The number of carbonyl (C=O) groups is 1. The van der Waals surface area contributed by atoms with Crippen molar-refractivity contribution in [3.63, 3.8) is 0 Å². The molecular weight excluding hydrogens is 240 g/mol. The summed E-state index contributed by atoms with van der Waals surface area (Å²) in [6.07, 6.45) is 8.13. The van der Waals surface area contributed by atoms with Crippen molar-refractivity contribution < 1.29 is 9.53 Å². The summed E-state index contributed by atoms with van der Waals surface area (Å²) >= 11 is 0. The van der Waals surface area contributed by atoms with E-state index in [1.54, 1.807) is 0 Å². The van der Waals surface area contributed by atoms with Crippen molar-refractivity contribution in [2.75, 3.05) is 13.2 Å². The van der Waals surface area contributed by atoms with E-state index in [1.807, 2.05) is 6.92 Å². The first-order chi connectivity index (χ1) is 9.08. The van der Waals surface area contributed by atoms with Crippen LogP contribution in [-0.4, -0.2) is 30.7 Å². The molecule has 0 aliphatic heterocycles. The lowest BCUT2D eigenvalue weighted by molar-refractivity contribution is -0.124. The predicted molar refractivity (Wildman–Crippen MR) is 78.0 cm³/mol. The molecule has 3 N–H and O–H groups in total. The van der Waals surface area contributed by atoms with Crippen LogP contribution in [0.5, 0.6) is 0 Å². The van der Waals surface area contributed by atoms with Crippen LogP contribution < -0.4 is 11.1 Å². The van der Waals surface area contributed by atoms with E-state index < -0.39 is 0 Å². The van der Waals surface area contributed by atoms with E-state index in [2.05, 4.69) is 12.2 Å². The molecule has 4 heteroatoms. The number of carbonyl (C=O) groups excluding carboxylic acids is 1. The fourth-order valence-electron chi connectivity index (χ4n) is 2.59. The molecule has 1 fully saturated rings. The number of amides is 1. The second kappa shape index (κ2) is 8.54. The van der Waals surface area contributed by atoms with Crippen LogP contribution in [0.15, 0.2) is 0 Å². The quantitative estimate of drug-likeness (QED) is 0.711. The summed E-state index contributed by atoms with van der Waals surface area (Å²) in [6.45, 7) is 5.50.